The SMILES string of the molecule is CCCCCCCCCOCCNC. The zero-order chi connectivity index (χ0) is 10.5. The second-order valence-electron chi connectivity index (χ2n) is 3.84. The molecule has 0 aliphatic heterocycles. The van der Waals surface area contributed by atoms with Crippen molar-refractivity contribution in [2.45, 2.75) is 51.9 Å². The fourth-order valence-electron chi connectivity index (χ4n) is 1.44. The Bertz CT molecular complexity index is 84.3. The van der Waals surface area contributed by atoms with Crippen molar-refractivity contribution < 1.29 is 4.74 Å². The first kappa shape index (κ1) is 13.9. The Balaban J connectivity index is 2.78. The van der Waals surface area contributed by atoms with Gasteiger partial charge in [-0.1, -0.05) is 45.4 Å². The first-order chi connectivity index (χ1) is 6.91. The molecule has 86 valence electrons. The molecule has 0 fully saturated rings. The highest BCUT2D eigenvalue weighted by Gasteiger charge is 1.91. The summed E-state index contributed by atoms with van der Waals surface area (Å²) in [6.07, 6.45) is 9.52. The highest BCUT2D eigenvalue weighted by Crippen LogP contribution is 2.06. The highest BCUT2D eigenvalue weighted by molar-refractivity contribution is 4.45. The van der Waals surface area contributed by atoms with Crippen molar-refractivity contribution in [3.05, 3.63) is 0 Å². The lowest BCUT2D eigenvalue weighted by atomic mass is 10.1. The molecule has 0 aromatic carbocycles. The second kappa shape index (κ2) is 12.9. The average Bonchev–Trinajstić information content (AvgIpc) is 2.21. The molecule has 0 saturated carbocycles. The van der Waals surface area contributed by atoms with Crippen molar-refractivity contribution >= 4 is 0 Å². The van der Waals surface area contributed by atoms with Crippen LogP contribution < -0.4 is 5.32 Å². The average molecular weight is 201 g/mol. The molecule has 1 N–H and O–H groups in total. The minimum absolute atomic E-state index is 0.854. The van der Waals surface area contributed by atoms with Gasteiger partial charge in [-0.2, -0.15) is 0 Å². The van der Waals surface area contributed by atoms with Gasteiger partial charge in [0.05, 0.1) is 6.61 Å². The number of likely N-dealkylation sites (N-methyl/N-ethyl adjacent to an activating group) is 1. The van der Waals surface area contributed by atoms with Crippen LogP contribution in [0.5, 0.6) is 0 Å². The van der Waals surface area contributed by atoms with Gasteiger partial charge < -0.3 is 10.1 Å². The normalized spacial score (nSPS) is 10.7. The first-order valence-corrected chi connectivity index (χ1v) is 6.14. The van der Waals surface area contributed by atoms with Crippen LogP contribution in [0.15, 0.2) is 0 Å². The molecule has 0 spiro atoms. The summed E-state index contributed by atoms with van der Waals surface area (Å²) >= 11 is 0. The largest absolute Gasteiger partial charge is 0.380 e. The number of nitrogens with one attached hydrogen (secondary N) is 1. The van der Waals surface area contributed by atoms with Gasteiger partial charge in [-0.05, 0) is 13.5 Å². The molecule has 0 atom stereocenters. The molecule has 2 nitrogen and oxygen atoms in total. The lowest BCUT2D eigenvalue weighted by molar-refractivity contribution is 0.133. The van der Waals surface area contributed by atoms with E-state index in [0.717, 1.165) is 19.8 Å². The third kappa shape index (κ3) is 11.9. The summed E-state index contributed by atoms with van der Waals surface area (Å²) in [5, 5.41) is 3.07. The third-order valence-electron chi connectivity index (χ3n) is 2.39. The van der Waals surface area contributed by atoms with E-state index in [2.05, 4.69) is 12.2 Å². The molecule has 2 heteroatoms. The Kier molecular flexibility index (Phi) is 12.8. The van der Waals surface area contributed by atoms with E-state index in [4.69, 9.17) is 4.74 Å². The topological polar surface area (TPSA) is 21.3 Å². The summed E-state index contributed by atoms with van der Waals surface area (Å²) in [7, 11) is 1.96. The molecule has 0 rings (SSSR count). The fourth-order valence-corrected chi connectivity index (χ4v) is 1.44. The molecule has 0 aliphatic carbocycles. The molecule has 0 amide bonds. The number of hydrogen-bond acceptors (Lipinski definition) is 2. The van der Waals surface area contributed by atoms with E-state index in [1.165, 1.54) is 44.9 Å². The van der Waals surface area contributed by atoms with E-state index in [9.17, 15) is 0 Å². The van der Waals surface area contributed by atoms with Gasteiger partial charge in [0.25, 0.3) is 0 Å². The van der Waals surface area contributed by atoms with Crippen LogP contribution in [-0.4, -0.2) is 26.8 Å². The van der Waals surface area contributed by atoms with E-state index >= 15 is 0 Å². The second-order valence-corrected chi connectivity index (χ2v) is 3.84. The number of ether oxygens (including phenoxy) is 1. The minimum Gasteiger partial charge on any atom is -0.380 e. The van der Waals surface area contributed by atoms with Crippen molar-refractivity contribution in [3.63, 3.8) is 0 Å². The predicted molar refractivity (Wildman–Crippen MR) is 62.7 cm³/mol. The van der Waals surface area contributed by atoms with E-state index in [1.807, 2.05) is 7.05 Å². The highest BCUT2D eigenvalue weighted by atomic mass is 16.5. The van der Waals surface area contributed by atoms with E-state index < -0.39 is 0 Å². The third-order valence-corrected chi connectivity index (χ3v) is 2.39. The van der Waals surface area contributed by atoms with Crippen LogP contribution in [0.1, 0.15) is 51.9 Å². The molecule has 0 radical (unpaired) electrons. The van der Waals surface area contributed by atoms with Crippen molar-refractivity contribution in [2.24, 2.45) is 0 Å². The van der Waals surface area contributed by atoms with Gasteiger partial charge in [-0.25, -0.2) is 0 Å². The Morgan fingerprint density at radius 1 is 0.857 bits per heavy atom. The Morgan fingerprint density at radius 2 is 1.50 bits per heavy atom. The Morgan fingerprint density at radius 3 is 2.14 bits per heavy atom. The monoisotopic (exact) mass is 201 g/mol. The zero-order valence-electron chi connectivity index (χ0n) is 9.98. The van der Waals surface area contributed by atoms with Crippen molar-refractivity contribution in [3.8, 4) is 0 Å². The summed E-state index contributed by atoms with van der Waals surface area (Å²) in [5.41, 5.74) is 0. The standard InChI is InChI=1S/C12H27NO/c1-3-4-5-6-7-8-9-11-14-12-10-13-2/h13H,3-12H2,1-2H3. The smallest absolute Gasteiger partial charge is 0.0590 e. The fraction of sp³-hybridized carbons (Fsp3) is 1.00. The summed E-state index contributed by atoms with van der Waals surface area (Å²) in [4.78, 5) is 0. The minimum atomic E-state index is 0.854. The van der Waals surface area contributed by atoms with Gasteiger partial charge in [0.1, 0.15) is 0 Å². The first-order valence-electron chi connectivity index (χ1n) is 6.14. The van der Waals surface area contributed by atoms with Crippen LogP contribution >= 0.6 is 0 Å². The Hall–Kier alpha value is -0.0800. The van der Waals surface area contributed by atoms with Crippen molar-refractivity contribution in [1.29, 1.82) is 0 Å². The molecule has 0 heterocycles. The van der Waals surface area contributed by atoms with Gasteiger partial charge in [0.15, 0.2) is 0 Å². The molecule has 0 aromatic rings. The summed E-state index contributed by atoms with van der Waals surface area (Å²) in [5.74, 6) is 0. The number of unbranched alkanes of at least 4 members (excludes halogenated alkanes) is 6. The maximum atomic E-state index is 5.44. The van der Waals surface area contributed by atoms with Gasteiger partial charge in [0, 0.05) is 13.2 Å². The molecular formula is C12H27NO. The molecule has 0 unspecified atom stereocenters. The maximum Gasteiger partial charge on any atom is 0.0590 e. The van der Waals surface area contributed by atoms with E-state index in [0.29, 0.717) is 0 Å². The molecule has 14 heavy (non-hydrogen) atoms. The van der Waals surface area contributed by atoms with E-state index in [1.54, 1.807) is 0 Å². The number of rotatable bonds is 11. The lowest BCUT2D eigenvalue weighted by Gasteiger charge is -2.03. The van der Waals surface area contributed by atoms with Crippen molar-refractivity contribution in [2.75, 3.05) is 26.8 Å². The Labute approximate surface area is 89.4 Å². The summed E-state index contributed by atoms with van der Waals surface area (Å²) < 4.78 is 5.44. The predicted octanol–water partition coefficient (Wildman–Crippen LogP) is 2.97. The van der Waals surface area contributed by atoms with Crippen LogP contribution in [0, 0.1) is 0 Å². The lowest BCUT2D eigenvalue weighted by Crippen LogP contribution is -2.14. The van der Waals surface area contributed by atoms with Crippen molar-refractivity contribution in [1.82, 2.24) is 5.32 Å². The molecular weight excluding hydrogens is 174 g/mol. The van der Waals surface area contributed by atoms with Gasteiger partial charge >= 0.3 is 0 Å². The summed E-state index contributed by atoms with van der Waals surface area (Å²) in [6, 6.07) is 0. The van der Waals surface area contributed by atoms with Gasteiger partial charge in [-0.15, -0.1) is 0 Å². The van der Waals surface area contributed by atoms with E-state index in [-0.39, 0.29) is 0 Å². The summed E-state index contributed by atoms with van der Waals surface area (Å²) in [6.45, 7) is 5.02. The van der Waals surface area contributed by atoms with Crippen LogP contribution in [0.3, 0.4) is 0 Å². The molecule has 0 aromatic heterocycles. The molecule has 0 bridgehead atoms. The van der Waals surface area contributed by atoms with Crippen LogP contribution in [0.4, 0.5) is 0 Å². The molecule has 0 aliphatic rings. The van der Waals surface area contributed by atoms with Crippen LogP contribution in [-0.2, 0) is 4.74 Å². The zero-order valence-corrected chi connectivity index (χ0v) is 9.98. The molecule has 0 saturated heterocycles. The quantitative estimate of drug-likeness (QED) is 0.519. The maximum absolute atomic E-state index is 5.44. The number of hydrogen-bond donors (Lipinski definition) is 1. The van der Waals surface area contributed by atoms with Crippen LogP contribution in [0.25, 0.3) is 0 Å². The van der Waals surface area contributed by atoms with Crippen LogP contribution in [0.2, 0.25) is 0 Å². The van der Waals surface area contributed by atoms with Gasteiger partial charge in [-0.3, -0.25) is 0 Å². The van der Waals surface area contributed by atoms with Gasteiger partial charge in [0.2, 0.25) is 0 Å².